The molecule has 4 N–H and O–H groups in total. The molecule has 1 saturated heterocycles. The molecule has 1 aliphatic heterocycles. The number of hydrogen-bond acceptors (Lipinski definition) is 7. The SMILES string of the molecule is O=P(O)(O)OC[C@H]1O[C@@H](n2cc(-c3cccc4ccccc34)nn2)[C@H](O)[C@@H]1O. The fourth-order valence-corrected chi connectivity index (χ4v) is 3.57. The lowest BCUT2D eigenvalue weighted by Gasteiger charge is -2.14. The molecule has 2 aromatic carbocycles. The summed E-state index contributed by atoms with van der Waals surface area (Å²) in [5.74, 6) is 0. The average molecular weight is 407 g/mol. The van der Waals surface area contributed by atoms with Crippen LogP contribution < -0.4 is 0 Å². The maximum atomic E-state index is 10.8. The second kappa shape index (κ2) is 7.34. The standard InChI is InChI=1S/C17H18N3O7P/c21-15-14(9-26-28(23,24)25)27-17(16(15)22)20-8-13(18-19-20)12-7-3-5-10-4-1-2-6-11(10)12/h1-8,14-17,21-22H,9H2,(H2,23,24,25)/t14-,15-,16-,17-/m1/s1. The second-order valence-electron chi connectivity index (χ2n) is 6.44. The zero-order valence-corrected chi connectivity index (χ0v) is 15.3. The van der Waals surface area contributed by atoms with E-state index in [-0.39, 0.29) is 0 Å². The Kier molecular flexibility index (Phi) is 5.02. The van der Waals surface area contributed by atoms with Crippen LogP contribution in [0.15, 0.2) is 48.7 Å². The maximum absolute atomic E-state index is 10.8. The molecule has 4 atom stereocenters. The number of aromatic nitrogens is 3. The number of rotatable bonds is 5. The van der Waals surface area contributed by atoms with Crippen LogP contribution in [0.2, 0.25) is 0 Å². The topological polar surface area (TPSA) is 147 Å². The van der Waals surface area contributed by atoms with E-state index in [4.69, 9.17) is 14.5 Å². The minimum Gasteiger partial charge on any atom is -0.387 e. The van der Waals surface area contributed by atoms with E-state index < -0.39 is 39.0 Å². The lowest BCUT2D eigenvalue weighted by molar-refractivity contribution is -0.0586. The van der Waals surface area contributed by atoms with Crippen LogP contribution in [0, 0.1) is 0 Å². The van der Waals surface area contributed by atoms with E-state index in [1.54, 1.807) is 6.20 Å². The van der Waals surface area contributed by atoms with Crippen molar-refractivity contribution in [2.45, 2.75) is 24.5 Å². The van der Waals surface area contributed by atoms with Gasteiger partial charge in [0, 0.05) is 5.56 Å². The molecular formula is C17H18N3O7P. The quantitative estimate of drug-likeness (QED) is 0.451. The minimum atomic E-state index is -4.72. The largest absolute Gasteiger partial charge is 0.469 e. The van der Waals surface area contributed by atoms with Gasteiger partial charge in [0.2, 0.25) is 0 Å². The number of ether oxygens (including phenoxy) is 1. The van der Waals surface area contributed by atoms with Gasteiger partial charge in [0.1, 0.15) is 24.0 Å². The minimum absolute atomic E-state index is 0.553. The van der Waals surface area contributed by atoms with Gasteiger partial charge in [-0.3, -0.25) is 4.52 Å². The Labute approximate surface area is 159 Å². The van der Waals surface area contributed by atoms with Crippen LogP contribution in [0.4, 0.5) is 0 Å². The highest BCUT2D eigenvalue weighted by Crippen LogP contribution is 2.38. The van der Waals surface area contributed by atoms with Crippen molar-refractivity contribution >= 4 is 18.6 Å². The van der Waals surface area contributed by atoms with E-state index in [0.29, 0.717) is 5.69 Å². The molecule has 28 heavy (non-hydrogen) atoms. The fourth-order valence-electron chi connectivity index (χ4n) is 3.23. The first-order valence-corrected chi connectivity index (χ1v) is 9.98. The Balaban J connectivity index is 1.58. The summed E-state index contributed by atoms with van der Waals surface area (Å²) in [5, 5.41) is 30.5. The van der Waals surface area contributed by atoms with Crippen LogP contribution in [0.1, 0.15) is 6.23 Å². The Morgan fingerprint density at radius 2 is 1.86 bits per heavy atom. The van der Waals surface area contributed by atoms with Crippen LogP contribution in [0.5, 0.6) is 0 Å². The highest BCUT2D eigenvalue weighted by Gasteiger charge is 2.45. The molecule has 1 fully saturated rings. The number of phosphoric acid groups is 1. The van der Waals surface area contributed by atoms with Crippen molar-refractivity contribution in [3.05, 3.63) is 48.7 Å². The van der Waals surface area contributed by atoms with E-state index >= 15 is 0 Å². The van der Waals surface area contributed by atoms with Crippen LogP contribution in [0.3, 0.4) is 0 Å². The van der Waals surface area contributed by atoms with Gasteiger partial charge in [0.05, 0.1) is 12.8 Å². The molecule has 0 radical (unpaired) electrons. The first-order valence-electron chi connectivity index (χ1n) is 8.45. The average Bonchev–Trinajstić information content (AvgIpc) is 3.25. The van der Waals surface area contributed by atoms with Crippen LogP contribution in [-0.2, 0) is 13.8 Å². The first-order chi connectivity index (χ1) is 13.3. The highest BCUT2D eigenvalue weighted by molar-refractivity contribution is 7.46. The number of fused-ring (bicyclic) bond motifs is 1. The number of hydrogen-bond donors (Lipinski definition) is 4. The van der Waals surface area contributed by atoms with Crippen molar-refractivity contribution in [1.82, 2.24) is 15.0 Å². The van der Waals surface area contributed by atoms with Gasteiger partial charge in [0.25, 0.3) is 0 Å². The monoisotopic (exact) mass is 407 g/mol. The van der Waals surface area contributed by atoms with E-state index in [9.17, 15) is 14.8 Å². The summed E-state index contributed by atoms with van der Waals surface area (Å²) in [5.41, 5.74) is 1.40. The molecular weight excluding hydrogens is 389 g/mol. The molecule has 0 saturated carbocycles. The van der Waals surface area contributed by atoms with Gasteiger partial charge in [-0.05, 0) is 10.8 Å². The lowest BCUT2D eigenvalue weighted by Crippen LogP contribution is -2.33. The summed E-state index contributed by atoms with van der Waals surface area (Å²) in [6.45, 7) is -0.579. The molecule has 0 spiro atoms. The van der Waals surface area contributed by atoms with Crippen molar-refractivity contribution in [2.75, 3.05) is 6.61 Å². The van der Waals surface area contributed by atoms with Gasteiger partial charge in [-0.15, -0.1) is 5.10 Å². The van der Waals surface area contributed by atoms with E-state index in [2.05, 4.69) is 14.8 Å². The number of nitrogens with zero attached hydrogens (tertiary/aromatic N) is 3. The smallest absolute Gasteiger partial charge is 0.387 e. The Bertz CT molecular complexity index is 1030. The summed E-state index contributed by atoms with van der Waals surface area (Å²) >= 11 is 0. The van der Waals surface area contributed by atoms with Gasteiger partial charge in [-0.1, -0.05) is 47.7 Å². The predicted octanol–water partition coefficient (Wildman–Crippen LogP) is 0.827. The molecule has 0 unspecified atom stereocenters. The van der Waals surface area contributed by atoms with Gasteiger partial charge < -0.3 is 24.7 Å². The molecule has 2 heterocycles. The van der Waals surface area contributed by atoms with Gasteiger partial charge >= 0.3 is 7.82 Å². The number of aliphatic hydroxyl groups excluding tert-OH is 2. The number of benzene rings is 2. The normalized spacial score (nSPS) is 25.4. The molecule has 11 heteroatoms. The summed E-state index contributed by atoms with van der Waals surface area (Å²) in [6, 6.07) is 13.6. The molecule has 4 rings (SSSR count). The van der Waals surface area contributed by atoms with Crippen molar-refractivity contribution in [2.24, 2.45) is 0 Å². The number of aliphatic hydroxyl groups is 2. The van der Waals surface area contributed by atoms with Crippen molar-refractivity contribution in [3.63, 3.8) is 0 Å². The van der Waals surface area contributed by atoms with E-state index in [1.807, 2.05) is 42.5 Å². The lowest BCUT2D eigenvalue weighted by atomic mass is 10.0. The van der Waals surface area contributed by atoms with E-state index in [1.165, 1.54) is 4.68 Å². The van der Waals surface area contributed by atoms with Crippen LogP contribution in [0.25, 0.3) is 22.0 Å². The predicted molar refractivity (Wildman–Crippen MR) is 96.9 cm³/mol. The first kappa shape index (κ1) is 19.2. The molecule has 0 amide bonds. The van der Waals surface area contributed by atoms with Gasteiger partial charge in [-0.2, -0.15) is 0 Å². The summed E-state index contributed by atoms with van der Waals surface area (Å²) < 4.78 is 22.0. The zero-order chi connectivity index (χ0) is 19.9. The Morgan fingerprint density at radius 3 is 2.64 bits per heavy atom. The molecule has 3 aromatic rings. The molecule has 0 bridgehead atoms. The second-order valence-corrected chi connectivity index (χ2v) is 7.68. The maximum Gasteiger partial charge on any atom is 0.469 e. The van der Waals surface area contributed by atoms with Crippen molar-refractivity contribution < 1.29 is 33.8 Å². The zero-order valence-electron chi connectivity index (χ0n) is 14.4. The molecule has 10 nitrogen and oxygen atoms in total. The molecule has 0 aliphatic carbocycles. The van der Waals surface area contributed by atoms with Crippen LogP contribution >= 0.6 is 7.82 Å². The van der Waals surface area contributed by atoms with Gasteiger partial charge in [0.15, 0.2) is 6.23 Å². The Hall–Kier alpha value is -2.17. The Morgan fingerprint density at radius 1 is 1.11 bits per heavy atom. The van der Waals surface area contributed by atoms with Gasteiger partial charge in [-0.25, -0.2) is 9.25 Å². The third-order valence-electron chi connectivity index (χ3n) is 4.58. The molecule has 148 valence electrons. The fraction of sp³-hybridized carbons (Fsp3) is 0.294. The highest BCUT2D eigenvalue weighted by atomic mass is 31.2. The molecule has 1 aliphatic rings. The molecule has 1 aromatic heterocycles. The summed E-state index contributed by atoms with van der Waals surface area (Å²) in [7, 11) is -4.72. The summed E-state index contributed by atoms with van der Waals surface area (Å²) in [4.78, 5) is 17.6. The van der Waals surface area contributed by atoms with Crippen LogP contribution in [-0.4, -0.2) is 59.9 Å². The summed E-state index contributed by atoms with van der Waals surface area (Å²) in [6.07, 6.45) is -3.39. The third kappa shape index (κ3) is 3.71. The van der Waals surface area contributed by atoms with Crippen molar-refractivity contribution in [3.8, 4) is 11.3 Å². The number of phosphoric ester groups is 1. The van der Waals surface area contributed by atoms with Crippen molar-refractivity contribution in [1.29, 1.82) is 0 Å². The van der Waals surface area contributed by atoms with E-state index in [0.717, 1.165) is 16.3 Å². The third-order valence-corrected chi connectivity index (χ3v) is 5.07.